The average molecular weight is 220 g/mol. The highest BCUT2D eigenvalue weighted by Gasteiger charge is 2.16. The number of hydrogen-bond acceptors (Lipinski definition) is 5. The van der Waals surface area contributed by atoms with Crippen molar-refractivity contribution >= 4 is 11.9 Å². The summed E-state index contributed by atoms with van der Waals surface area (Å²) in [5.41, 5.74) is 5.29. The first-order chi connectivity index (χ1) is 7.01. The van der Waals surface area contributed by atoms with Gasteiger partial charge in [0, 0.05) is 13.7 Å². The van der Waals surface area contributed by atoms with Crippen LogP contribution in [0, 0.1) is 0 Å². The molecule has 0 rings (SSSR count). The van der Waals surface area contributed by atoms with Crippen LogP contribution in [-0.2, 0) is 14.3 Å². The smallest absolute Gasteiger partial charge is 0.334 e. The van der Waals surface area contributed by atoms with Crippen molar-refractivity contribution in [1.29, 1.82) is 0 Å². The molecule has 88 valence electrons. The van der Waals surface area contributed by atoms with Gasteiger partial charge in [-0.15, -0.1) is 0 Å². The zero-order valence-electron chi connectivity index (χ0n) is 8.47. The van der Waals surface area contributed by atoms with Gasteiger partial charge in [0.1, 0.15) is 0 Å². The Labute approximate surface area is 87.2 Å². The van der Waals surface area contributed by atoms with Crippen LogP contribution in [0.2, 0.25) is 0 Å². The molecule has 0 saturated heterocycles. The monoisotopic (exact) mass is 220 g/mol. The Morgan fingerprint density at radius 3 is 2.53 bits per heavy atom. The minimum atomic E-state index is -1.59. The van der Waals surface area contributed by atoms with E-state index in [2.05, 4.69) is 5.32 Å². The van der Waals surface area contributed by atoms with Crippen LogP contribution in [0.5, 0.6) is 0 Å². The molecule has 2 unspecified atom stereocenters. The largest absolute Gasteiger partial charge is 0.479 e. The van der Waals surface area contributed by atoms with Gasteiger partial charge in [-0.2, -0.15) is 0 Å². The third kappa shape index (κ3) is 6.00. The Kier molecular flexibility index (Phi) is 6.59. The Balaban J connectivity index is 3.79. The number of carboxylic acids is 1. The zero-order valence-corrected chi connectivity index (χ0v) is 8.47. The normalized spacial score (nSPS) is 14.3. The van der Waals surface area contributed by atoms with Crippen LogP contribution in [0.1, 0.15) is 6.42 Å². The van der Waals surface area contributed by atoms with Gasteiger partial charge in [0.25, 0.3) is 0 Å². The Morgan fingerprint density at radius 2 is 2.13 bits per heavy atom. The van der Waals surface area contributed by atoms with E-state index in [4.69, 9.17) is 20.7 Å². The molecule has 0 saturated carbocycles. The van der Waals surface area contributed by atoms with E-state index in [1.807, 2.05) is 0 Å². The first-order valence-electron chi connectivity index (χ1n) is 4.41. The molecule has 7 nitrogen and oxygen atoms in total. The number of amides is 1. The number of aliphatic carboxylic acids is 1. The summed E-state index contributed by atoms with van der Waals surface area (Å²) in [5.74, 6) is -1.79. The molecule has 15 heavy (non-hydrogen) atoms. The van der Waals surface area contributed by atoms with E-state index in [9.17, 15) is 9.59 Å². The lowest BCUT2D eigenvalue weighted by molar-refractivity contribution is -0.146. The number of carboxylic acid groups (broad SMARTS) is 1. The molecule has 0 heterocycles. The molecule has 0 aliphatic carbocycles. The Hall–Kier alpha value is -1.18. The minimum Gasteiger partial charge on any atom is -0.479 e. The van der Waals surface area contributed by atoms with Gasteiger partial charge in [-0.25, -0.2) is 4.79 Å². The highest BCUT2D eigenvalue weighted by Crippen LogP contribution is 1.94. The highest BCUT2D eigenvalue weighted by atomic mass is 16.5. The number of nitrogens with two attached hydrogens (primary N) is 1. The van der Waals surface area contributed by atoms with E-state index >= 15 is 0 Å². The molecule has 5 N–H and O–H groups in total. The predicted molar refractivity (Wildman–Crippen MR) is 51.1 cm³/mol. The Morgan fingerprint density at radius 1 is 1.53 bits per heavy atom. The molecule has 0 aromatic carbocycles. The second-order valence-electron chi connectivity index (χ2n) is 2.96. The lowest BCUT2D eigenvalue weighted by Gasteiger charge is -2.13. The number of carbonyl (C=O) groups is 2. The van der Waals surface area contributed by atoms with Crippen LogP contribution < -0.4 is 11.1 Å². The average Bonchev–Trinajstić information content (AvgIpc) is 2.22. The lowest BCUT2D eigenvalue weighted by atomic mass is 10.2. The molecule has 0 aromatic heterocycles. The predicted octanol–water partition coefficient (Wildman–Crippen LogP) is -2.09. The van der Waals surface area contributed by atoms with E-state index in [1.165, 1.54) is 7.11 Å². The SMILES string of the molecule is COC(CN)CC(=O)NCC(O)C(=O)O. The van der Waals surface area contributed by atoms with E-state index in [0.29, 0.717) is 0 Å². The maximum atomic E-state index is 11.1. The summed E-state index contributed by atoms with van der Waals surface area (Å²) >= 11 is 0. The van der Waals surface area contributed by atoms with E-state index < -0.39 is 24.1 Å². The summed E-state index contributed by atoms with van der Waals surface area (Å²) < 4.78 is 4.86. The van der Waals surface area contributed by atoms with Gasteiger partial charge < -0.3 is 26.0 Å². The summed E-state index contributed by atoms with van der Waals surface area (Å²) in [6.07, 6.45) is -1.95. The molecule has 0 spiro atoms. The number of nitrogens with one attached hydrogen (secondary N) is 1. The number of carbonyl (C=O) groups excluding carboxylic acids is 1. The minimum absolute atomic E-state index is 0.0410. The number of hydrogen-bond donors (Lipinski definition) is 4. The van der Waals surface area contributed by atoms with Gasteiger partial charge in [0.05, 0.1) is 19.1 Å². The highest BCUT2D eigenvalue weighted by molar-refractivity contribution is 5.78. The van der Waals surface area contributed by atoms with Crippen molar-refractivity contribution in [2.45, 2.75) is 18.6 Å². The maximum absolute atomic E-state index is 11.1. The fourth-order valence-corrected chi connectivity index (χ4v) is 0.840. The van der Waals surface area contributed by atoms with Crippen molar-refractivity contribution < 1.29 is 24.5 Å². The van der Waals surface area contributed by atoms with Crippen LogP contribution >= 0.6 is 0 Å². The van der Waals surface area contributed by atoms with Gasteiger partial charge >= 0.3 is 5.97 Å². The molecule has 7 heteroatoms. The van der Waals surface area contributed by atoms with Crippen molar-refractivity contribution in [2.24, 2.45) is 5.73 Å². The second kappa shape index (κ2) is 7.16. The van der Waals surface area contributed by atoms with Crippen LogP contribution in [0.3, 0.4) is 0 Å². The molecular formula is C8H16N2O5. The summed E-state index contributed by atoms with van der Waals surface area (Å²) in [6, 6.07) is 0. The van der Waals surface area contributed by atoms with Crippen LogP contribution in [0.25, 0.3) is 0 Å². The van der Waals surface area contributed by atoms with E-state index in [-0.39, 0.29) is 19.5 Å². The third-order valence-electron chi connectivity index (χ3n) is 1.79. The number of aliphatic hydroxyl groups excluding tert-OH is 1. The molecule has 0 fully saturated rings. The van der Waals surface area contributed by atoms with Crippen molar-refractivity contribution in [2.75, 3.05) is 20.2 Å². The van der Waals surface area contributed by atoms with Crippen LogP contribution in [0.4, 0.5) is 0 Å². The molecule has 0 bridgehead atoms. The molecule has 0 radical (unpaired) electrons. The first-order valence-corrected chi connectivity index (χ1v) is 4.41. The van der Waals surface area contributed by atoms with E-state index in [1.54, 1.807) is 0 Å². The number of methoxy groups -OCH3 is 1. The molecule has 0 aromatic rings. The topological polar surface area (TPSA) is 122 Å². The standard InChI is InChI=1S/C8H16N2O5/c1-15-5(3-9)2-7(12)10-4-6(11)8(13)14/h5-6,11H,2-4,9H2,1H3,(H,10,12)(H,13,14). The number of aliphatic hydroxyl groups is 1. The van der Waals surface area contributed by atoms with Gasteiger partial charge in [-0.05, 0) is 0 Å². The molecular weight excluding hydrogens is 204 g/mol. The van der Waals surface area contributed by atoms with Crippen molar-refractivity contribution in [3.05, 3.63) is 0 Å². The van der Waals surface area contributed by atoms with Crippen molar-refractivity contribution in [3.63, 3.8) is 0 Å². The summed E-state index contributed by atoms with van der Waals surface area (Å²) in [5, 5.41) is 19.4. The molecule has 1 amide bonds. The van der Waals surface area contributed by atoms with Gasteiger partial charge in [0.2, 0.25) is 5.91 Å². The molecule has 2 atom stereocenters. The summed E-state index contributed by atoms with van der Waals surface area (Å²) in [4.78, 5) is 21.3. The fourth-order valence-electron chi connectivity index (χ4n) is 0.840. The van der Waals surface area contributed by atoms with Crippen molar-refractivity contribution in [3.8, 4) is 0 Å². The van der Waals surface area contributed by atoms with Gasteiger partial charge in [-0.1, -0.05) is 0 Å². The van der Waals surface area contributed by atoms with Crippen LogP contribution in [0.15, 0.2) is 0 Å². The summed E-state index contributed by atoms with van der Waals surface area (Å²) in [6.45, 7) is -0.124. The quantitative estimate of drug-likeness (QED) is 0.390. The van der Waals surface area contributed by atoms with E-state index in [0.717, 1.165) is 0 Å². The maximum Gasteiger partial charge on any atom is 0.334 e. The second-order valence-corrected chi connectivity index (χ2v) is 2.96. The number of ether oxygens (including phenoxy) is 1. The number of rotatable bonds is 7. The van der Waals surface area contributed by atoms with Crippen molar-refractivity contribution in [1.82, 2.24) is 5.32 Å². The van der Waals surface area contributed by atoms with Gasteiger partial charge in [0.15, 0.2) is 6.10 Å². The lowest BCUT2D eigenvalue weighted by Crippen LogP contribution is -2.39. The zero-order chi connectivity index (χ0) is 11.8. The molecule has 0 aliphatic rings. The van der Waals surface area contributed by atoms with Gasteiger partial charge in [-0.3, -0.25) is 4.79 Å². The first kappa shape index (κ1) is 13.8. The van der Waals surface area contributed by atoms with Crippen LogP contribution in [-0.4, -0.2) is 54.5 Å². The fraction of sp³-hybridized carbons (Fsp3) is 0.750. The Bertz CT molecular complexity index is 217. The third-order valence-corrected chi connectivity index (χ3v) is 1.79. The summed E-state index contributed by atoms with van der Waals surface area (Å²) in [7, 11) is 1.43. The molecule has 0 aliphatic heterocycles.